The molecule has 2 fully saturated rings. The normalized spacial score (nSPS) is 21.5. The molecule has 0 saturated carbocycles. The van der Waals surface area contributed by atoms with Gasteiger partial charge >= 0.3 is 6.01 Å². The van der Waals surface area contributed by atoms with Gasteiger partial charge in [0.2, 0.25) is 0 Å². The standard InChI is InChI=1S/C32H33ClF3N7O2/c1-20(34)30(44)43-14-13-42(16-22(43)9-11-37)29-24-10-12-41(27-8-4-6-21-5-3-7-25(33)28(21)27)17-26(24)38-31(39-29)45-18-23-15-32(35,36)19-40(23)2/h3-8,22-23H,1,9-10,12-19H2,2H3/t22-,23-/m0/s1. The number of halogens is 4. The lowest BCUT2D eigenvalue weighted by Crippen LogP contribution is -2.55. The van der Waals surface area contributed by atoms with Crippen molar-refractivity contribution in [3.05, 3.63) is 65.1 Å². The molecule has 4 heterocycles. The largest absolute Gasteiger partial charge is 0.462 e. The molecule has 0 unspecified atom stereocenters. The van der Waals surface area contributed by atoms with Gasteiger partial charge in [-0.15, -0.1) is 0 Å². The van der Waals surface area contributed by atoms with Crippen LogP contribution in [0, 0.1) is 11.3 Å². The van der Waals surface area contributed by atoms with Gasteiger partial charge in [-0.1, -0.05) is 42.4 Å². The van der Waals surface area contributed by atoms with Crippen LogP contribution in [0.15, 0.2) is 48.8 Å². The first kappa shape index (κ1) is 30.9. The number of carbonyl (C=O) groups excluding carboxylic acids is 1. The van der Waals surface area contributed by atoms with Gasteiger partial charge in [-0.25, -0.2) is 13.2 Å². The molecule has 2 atom stereocenters. The van der Waals surface area contributed by atoms with E-state index in [1.165, 1.54) is 4.90 Å². The molecule has 0 radical (unpaired) electrons. The average Bonchev–Trinajstić information content (AvgIpc) is 3.29. The molecule has 3 aliphatic heterocycles. The van der Waals surface area contributed by atoms with Crippen LogP contribution in [0.25, 0.3) is 10.8 Å². The molecule has 13 heteroatoms. The smallest absolute Gasteiger partial charge is 0.318 e. The number of anilines is 2. The van der Waals surface area contributed by atoms with Crippen LogP contribution >= 0.6 is 11.6 Å². The predicted octanol–water partition coefficient (Wildman–Crippen LogP) is 4.98. The molecule has 3 aliphatic rings. The zero-order valence-electron chi connectivity index (χ0n) is 24.9. The Kier molecular flexibility index (Phi) is 8.50. The van der Waals surface area contributed by atoms with Gasteiger partial charge in [-0.05, 0) is 31.0 Å². The van der Waals surface area contributed by atoms with Crippen molar-refractivity contribution in [3.63, 3.8) is 0 Å². The first-order valence-corrected chi connectivity index (χ1v) is 15.2. The van der Waals surface area contributed by atoms with Gasteiger partial charge in [0, 0.05) is 55.3 Å². The van der Waals surface area contributed by atoms with E-state index in [9.17, 15) is 23.2 Å². The summed E-state index contributed by atoms with van der Waals surface area (Å²) in [5, 5.41) is 12.1. The van der Waals surface area contributed by atoms with Crippen molar-refractivity contribution in [2.24, 2.45) is 0 Å². The molecule has 1 aromatic heterocycles. The van der Waals surface area contributed by atoms with Crippen molar-refractivity contribution >= 4 is 39.8 Å². The lowest BCUT2D eigenvalue weighted by molar-refractivity contribution is -0.131. The number of rotatable bonds is 7. The lowest BCUT2D eigenvalue weighted by Gasteiger charge is -2.42. The Labute approximate surface area is 264 Å². The molecule has 1 amide bonds. The molecule has 45 heavy (non-hydrogen) atoms. The first-order valence-electron chi connectivity index (χ1n) is 14.8. The van der Waals surface area contributed by atoms with E-state index in [1.807, 2.05) is 41.3 Å². The van der Waals surface area contributed by atoms with E-state index in [2.05, 4.69) is 17.5 Å². The molecule has 0 spiro atoms. The number of ether oxygens (including phenoxy) is 1. The lowest BCUT2D eigenvalue weighted by atomic mass is 10.0. The summed E-state index contributed by atoms with van der Waals surface area (Å²) in [7, 11) is 1.64. The minimum absolute atomic E-state index is 0.00396. The highest BCUT2D eigenvalue weighted by Gasteiger charge is 2.43. The van der Waals surface area contributed by atoms with E-state index < -0.39 is 29.7 Å². The van der Waals surface area contributed by atoms with Gasteiger partial charge in [-0.3, -0.25) is 9.69 Å². The number of amides is 1. The molecule has 2 aromatic carbocycles. The van der Waals surface area contributed by atoms with Gasteiger partial charge in [0.25, 0.3) is 11.8 Å². The Morgan fingerprint density at radius 1 is 1.16 bits per heavy atom. The molecular formula is C32H33ClF3N7O2. The summed E-state index contributed by atoms with van der Waals surface area (Å²) < 4.78 is 47.9. The number of aromatic nitrogens is 2. The van der Waals surface area contributed by atoms with Crippen LogP contribution in [-0.4, -0.2) is 90.1 Å². The Balaban J connectivity index is 1.34. The third-order valence-electron chi connectivity index (χ3n) is 8.84. The van der Waals surface area contributed by atoms with E-state index in [0.29, 0.717) is 36.9 Å². The van der Waals surface area contributed by atoms with Gasteiger partial charge < -0.3 is 19.4 Å². The number of likely N-dealkylation sites (tertiary alicyclic amines) is 1. The number of alkyl halides is 2. The summed E-state index contributed by atoms with van der Waals surface area (Å²) in [5.41, 5.74) is 2.59. The molecule has 6 rings (SSSR count). The van der Waals surface area contributed by atoms with E-state index in [4.69, 9.17) is 26.3 Å². The van der Waals surface area contributed by atoms with Crippen molar-refractivity contribution in [3.8, 4) is 12.1 Å². The van der Waals surface area contributed by atoms with Gasteiger partial charge in [0.05, 0.1) is 42.3 Å². The fourth-order valence-corrected chi connectivity index (χ4v) is 6.91. The number of nitrogens with zero attached hydrogens (tertiary/aromatic N) is 7. The Morgan fingerprint density at radius 3 is 2.64 bits per heavy atom. The van der Waals surface area contributed by atoms with Crippen LogP contribution in [-0.2, 0) is 17.8 Å². The summed E-state index contributed by atoms with van der Waals surface area (Å²) >= 11 is 6.65. The molecular weight excluding hydrogens is 607 g/mol. The second-order valence-electron chi connectivity index (χ2n) is 11.8. The molecule has 236 valence electrons. The molecule has 0 aliphatic carbocycles. The number of fused-ring (bicyclic) bond motifs is 2. The van der Waals surface area contributed by atoms with Crippen molar-refractivity contribution in [2.45, 2.75) is 43.8 Å². The van der Waals surface area contributed by atoms with Crippen LogP contribution in [0.5, 0.6) is 6.01 Å². The molecule has 0 bridgehead atoms. The highest BCUT2D eigenvalue weighted by atomic mass is 35.5. The van der Waals surface area contributed by atoms with E-state index in [-0.39, 0.29) is 45.1 Å². The van der Waals surface area contributed by atoms with Gasteiger partial charge in [-0.2, -0.15) is 15.2 Å². The zero-order valence-corrected chi connectivity index (χ0v) is 25.6. The van der Waals surface area contributed by atoms with Crippen LogP contribution < -0.4 is 14.5 Å². The van der Waals surface area contributed by atoms with E-state index in [1.54, 1.807) is 11.9 Å². The highest BCUT2D eigenvalue weighted by Crippen LogP contribution is 2.38. The van der Waals surface area contributed by atoms with Crippen molar-refractivity contribution in [2.75, 3.05) is 56.2 Å². The fraction of sp³-hybridized carbons (Fsp3) is 0.438. The van der Waals surface area contributed by atoms with E-state index >= 15 is 0 Å². The number of carbonyl (C=O) groups is 1. The maximum absolute atomic E-state index is 14.1. The summed E-state index contributed by atoms with van der Waals surface area (Å²) in [6, 6.07) is 12.9. The number of nitriles is 1. The van der Waals surface area contributed by atoms with Crippen LogP contribution in [0.1, 0.15) is 24.1 Å². The summed E-state index contributed by atoms with van der Waals surface area (Å²) in [6.07, 6.45) is 0.277. The second-order valence-corrected chi connectivity index (χ2v) is 12.3. The second kappa shape index (κ2) is 12.4. The zero-order chi connectivity index (χ0) is 31.9. The maximum Gasteiger partial charge on any atom is 0.318 e. The number of likely N-dealkylation sites (N-methyl/N-ethyl adjacent to an activating group) is 1. The molecule has 2 saturated heterocycles. The third-order valence-corrected chi connectivity index (χ3v) is 9.16. The van der Waals surface area contributed by atoms with Crippen molar-refractivity contribution in [1.29, 1.82) is 5.26 Å². The Bertz CT molecular complexity index is 1680. The molecule has 0 N–H and O–H groups in total. The van der Waals surface area contributed by atoms with Crippen molar-refractivity contribution in [1.82, 2.24) is 19.8 Å². The Morgan fingerprint density at radius 2 is 1.93 bits per heavy atom. The monoisotopic (exact) mass is 639 g/mol. The maximum atomic E-state index is 14.1. The van der Waals surface area contributed by atoms with E-state index in [0.717, 1.165) is 27.7 Å². The fourth-order valence-electron chi connectivity index (χ4n) is 6.63. The first-order chi connectivity index (χ1) is 21.5. The molecule has 3 aromatic rings. The topological polar surface area (TPSA) is 88.8 Å². The molecule has 9 nitrogen and oxygen atoms in total. The minimum atomic E-state index is -2.79. The van der Waals surface area contributed by atoms with Crippen molar-refractivity contribution < 1.29 is 22.7 Å². The number of hydrogen-bond donors (Lipinski definition) is 0. The van der Waals surface area contributed by atoms with Crippen LogP contribution in [0.2, 0.25) is 5.02 Å². The van der Waals surface area contributed by atoms with Crippen LogP contribution in [0.3, 0.4) is 0 Å². The summed E-state index contributed by atoms with van der Waals surface area (Å²) in [5.74, 6) is -4.09. The number of hydrogen-bond acceptors (Lipinski definition) is 8. The van der Waals surface area contributed by atoms with Crippen LogP contribution in [0.4, 0.5) is 24.7 Å². The quantitative estimate of drug-likeness (QED) is 0.335. The van der Waals surface area contributed by atoms with Gasteiger partial charge in [0.15, 0.2) is 5.83 Å². The number of piperazine rings is 1. The Hall–Kier alpha value is -4.08. The average molecular weight is 640 g/mol. The predicted molar refractivity (Wildman–Crippen MR) is 165 cm³/mol. The highest BCUT2D eigenvalue weighted by molar-refractivity contribution is 6.36. The van der Waals surface area contributed by atoms with Gasteiger partial charge in [0.1, 0.15) is 12.4 Å². The SMILES string of the molecule is C=C(F)C(=O)N1CCN(c2nc(OC[C@@H]3CC(F)(F)CN3C)nc3c2CCN(c2cccc4cccc(Cl)c24)C3)C[C@@H]1CC#N. The third kappa shape index (κ3) is 6.24. The summed E-state index contributed by atoms with van der Waals surface area (Å²) in [4.78, 5) is 29.1. The minimum Gasteiger partial charge on any atom is -0.462 e. The number of benzene rings is 2. The summed E-state index contributed by atoms with van der Waals surface area (Å²) in [6.45, 7) is 4.62.